The lowest BCUT2D eigenvalue weighted by Crippen LogP contribution is -1.98. The standard InChI is InChI=1S/C19H18N4O/c1-14-21-18(16-6-4-3-5-7-16)12-19(22-14)23-20-13-15-8-10-17(24-2)11-9-15/h3-13H,1-2H3,(H,21,22,23). The molecule has 3 rings (SSSR count). The molecule has 5 heteroatoms. The van der Waals surface area contributed by atoms with Crippen LogP contribution in [0, 0.1) is 6.92 Å². The lowest BCUT2D eigenvalue weighted by molar-refractivity contribution is 0.415. The van der Waals surface area contributed by atoms with E-state index in [1.807, 2.05) is 67.6 Å². The first-order valence-corrected chi connectivity index (χ1v) is 7.59. The molecule has 0 amide bonds. The van der Waals surface area contributed by atoms with E-state index in [4.69, 9.17) is 4.74 Å². The Kier molecular flexibility index (Phi) is 4.81. The number of nitrogens with zero attached hydrogens (tertiary/aromatic N) is 3. The number of hydrazone groups is 1. The van der Waals surface area contributed by atoms with E-state index < -0.39 is 0 Å². The van der Waals surface area contributed by atoms with Crippen molar-refractivity contribution < 1.29 is 4.74 Å². The molecule has 0 aliphatic carbocycles. The first kappa shape index (κ1) is 15.7. The van der Waals surface area contributed by atoms with E-state index in [0.29, 0.717) is 11.6 Å². The Bertz CT molecular complexity index is 830. The summed E-state index contributed by atoms with van der Waals surface area (Å²) in [5, 5.41) is 4.24. The van der Waals surface area contributed by atoms with E-state index in [1.54, 1.807) is 13.3 Å². The highest BCUT2D eigenvalue weighted by atomic mass is 16.5. The maximum absolute atomic E-state index is 5.13. The molecule has 0 radical (unpaired) electrons. The smallest absolute Gasteiger partial charge is 0.150 e. The van der Waals surface area contributed by atoms with Gasteiger partial charge in [0, 0.05) is 11.6 Å². The number of hydrogen-bond donors (Lipinski definition) is 1. The molecule has 24 heavy (non-hydrogen) atoms. The summed E-state index contributed by atoms with van der Waals surface area (Å²) >= 11 is 0. The molecule has 2 aromatic carbocycles. The Hall–Kier alpha value is -3.21. The van der Waals surface area contributed by atoms with Gasteiger partial charge in [0.1, 0.15) is 17.4 Å². The number of aromatic nitrogens is 2. The minimum atomic E-state index is 0.658. The fraction of sp³-hybridized carbons (Fsp3) is 0.105. The van der Waals surface area contributed by atoms with Gasteiger partial charge in [-0.2, -0.15) is 5.10 Å². The summed E-state index contributed by atoms with van der Waals surface area (Å²) in [5.41, 5.74) is 5.84. The van der Waals surface area contributed by atoms with E-state index >= 15 is 0 Å². The van der Waals surface area contributed by atoms with Gasteiger partial charge in [-0.25, -0.2) is 9.97 Å². The van der Waals surface area contributed by atoms with Crippen LogP contribution in [0.4, 0.5) is 5.82 Å². The monoisotopic (exact) mass is 318 g/mol. The highest BCUT2D eigenvalue weighted by molar-refractivity contribution is 5.80. The van der Waals surface area contributed by atoms with Crippen molar-refractivity contribution in [3.05, 3.63) is 72.1 Å². The molecule has 0 atom stereocenters. The Morgan fingerprint density at radius 1 is 1.00 bits per heavy atom. The van der Waals surface area contributed by atoms with Gasteiger partial charge in [0.25, 0.3) is 0 Å². The SMILES string of the molecule is COc1ccc(C=NNc2cc(-c3ccccc3)nc(C)n2)cc1. The van der Waals surface area contributed by atoms with E-state index in [1.165, 1.54) is 0 Å². The number of rotatable bonds is 5. The molecule has 0 fully saturated rings. The topological polar surface area (TPSA) is 59.4 Å². The number of benzene rings is 2. The van der Waals surface area contributed by atoms with Gasteiger partial charge in [-0.1, -0.05) is 30.3 Å². The maximum Gasteiger partial charge on any atom is 0.150 e. The van der Waals surface area contributed by atoms with Crippen molar-refractivity contribution in [1.29, 1.82) is 0 Å². The second kappa shape index (κ2) is 7.37. The third-order valence-electron chi connectivity index (χ3n) is 3.42. The highest BCUT2D eigenvalue weighted by Gasteiger charge is 2.03. The quantitative estimate of drug-likeness (QED) is 0.572. The van der Waals surface area contributed by atoms with Gasteiger partial charge < -0.3 is 4.74 Å². The third kappa shape index (κ3) is 3.95. The summed E-state index contributed by atoms with van der Waals surface area (Å²) in [6.45, 7) is 1.87. The normalized spacial score (nSPS) is 10.8. The van der Waals surface area contributed by atoms with Gasteiger partial charge in [0.2, 0.25) is 0 Å². The zero-order valence-electron chi connectivity index (χ0n) is 13.6. The molecule has 1 heterocycles. The maximum atomic E-state index is 5.13. The average molecular weight is 318 g/mol. The molecule has 0 saturated carbocycles. The zero-order chi connectivity index (χ0) is 16.8. The van der Waals surface area contributed by atoms with Gasteiger partial charge >= 0.3 is 0 Å². The van der Waals surface area contributed by atoms with Gasteiger partial charge in [-0.05, 0) is 36.8 Å². The molecule has 1 N–H and O–H groups in total. The van der Waals surface area contributed by atoms with Crippen LogP contribution >= 0.6 is 0 Å². The van der Waals surface area contributed by atoms with E-state index in [0.717, 1.165) is 22.6 Å². The second-order valence-electron chi connectivity index (χ2n) is 5.19. The van der Waals surface area contributed by atoms with Crippen LogP contribution in [0.2, 0.25) is 0 Å². The number of hydrogen-bond acceptors (Lipinski definition) is 5. The molecule has 0 aliphatic rings. The lowest BCUT2D eigenvalue weighted by atomic mass is 10.1. The number of nitrogens with one attached hydrogen (secondary N) is 1. The molecule has 0 aliphatic heterocycles. The summed E-state index contributed by atoms with van der Waals surface area (Å²) in [4.78, 5) is 8.83. The molecular weight excluding hydrogens is 300 g/mol. The predicted octanol–water partition coefficient (Wildman–Crippen LogP) is 3.91. The summed E-state index contributed by atoms with van der Waals surface area (Å²) in [5.74, 6) is 2.17. The van der Waals surface area contributed by atoms with Crippen LogP contribution < -0.4 is 10.2 Å². The fourth-order valence-corrected chi connectivity index (χ4v) is 2.24. The van der Waals surface area contributed by atoms with Crippen LogP contribution in [0.5, 0.6) is 5.75 Å². The van der Waals surface area contributed by atoms with Gasteiger partial charge in [-0.15, -0.1) is 0 Å². The average Bonchev–Trinajstić information content (AvgIpc) is 2.63. The number of anilines is 1. The summed E-state index contributed by atoms with van der Waals surface area (Å²) in [6.07, 6.45) is 1.74. The summed E-state index contributed by atoms with van der Waals surface area (Å²) < 4.78 is 5.13. The molecule has 3 aromatic rings. The lowest BCUT2D eigenvalue weighted by Gasteiger charge is -2.05. The van der Waals surface area contributed by atoms with Crippen molar-refractivity contribution >= 4 is 12.0 Å². The van der Waals surface area contributed by atoms with Crippen LogP contribution in [-0.2, 0) is 0 Å². The van der Waals surface area contributed by atoms with Crippen molar-refractivity contribution in [2.24, 2.45) is 5.10 Å². The summed E-state index contributed by atoms with van der Waals surface area (Å²) in [7, 11) is 1.65. The van der Waals surface area contributed by atoms with E-state index in [9.17, 15) is 0 Å². The van der Waals surface area contributed by atoms with Crippen LogP contribution in [0.15, 0.2) is 65.8 Å². The number of methoxy groups -OCH3 is 1. The molecular formula is C19H18N4O. The Balaban J connectivity index is 1.75. The number of aryl methyl sites for hydroxylation is 1. The molecule has 0 saturated heterocycles. The van der Waals surface area contributed by atoms with Crippen molar-refractivity contribution in [3.63, 3.8) is 0 Å². The molecule has 0 bridgehead atoms. The van der Waals surface area contributed by atoms with Crippen LogP contribution in [0.1, 0.15) is 11.4 Å². The first-order chi connectivity index (χ1) is 11.7. The fourth-order valence-electron chi connectivity index (χ4n) is 2.24. The Morgan fingerprint density at radius 2 is 1.75 bits per heavy atom. The van der Waals surface area contributed by atoms with E-state index in [2.05, 4.69) is 20.5 Å². The zero-order valence-corrected chi connectivity index (χ0v) is 13.6. The van der Waals surface area contributed by atoms with Crippen molar-refractivity contribution in [2.75, 3.05) is 12.5 Å². The Morgan fingerprint density at radius 3 is 2.46 bits per heavy atom. The van der Waals surface area contributed by atoms with Gasteiger partial charge in [-0.3, -0.25) is 5.43 Å². The minimum Gasteiger partial charge on any atom is -0.497 e. The summed E-state index contributed by atoms with van der Waals surface area (Å²) in [6, 6.07) is 19.5. The van der Waals surface area contributed by atoms with Crippen molar-refractivity contribution in [2.45, 2.75) is 6.92 Å². The molecule has 0 unspecified atom stereocenters. The molecule has 5 nitrogen and oxygen atoms in total. The van der Waals surface area contributed by atoms with Crippen LogP contribution in [-0.4, -0.2) is 23.3 Å². The Labute approximate surface area is 141 Å². The van der Waals surface area contributed by atoms with Crippen LogP contribution in [0.25, 0.3) is 11.3 Å². The van der Waals surface area contributed by atoms with E-state index in [-0.39, 0.29) is 0 Å². The highest BCUT2D eigenvalue weighted by Crippen LogP contribution is 2.19. The van der Waals surface area contributed by atoms with Crippen LogP contribution in [0.3, 0.4) is 0 Å². The van der Waals surface area contributed by atoms with Gasteiger partial charge in [0.15, 0.2) is 0 Å². The largest absolute Gasteiger partial charge is 0.497 e. The minimum absolute atomic E-state index is 0.658. The molecule has 1 aromatic heterocycles. The second-order valence-corrected chi connectivity index (χ2v) is 5.19. The number of ether oxygens (including phenoxy) is 1. The molecule has 0 spiro atoms. The van der Waals surface area contributed by atoms with Crippen molar-refractivity contribution in [3.8, 4) is 17.0 Å². The molecule has 120 valence electrons. The first-order valence-electron chi connectivity index (χ1n) is 7.59. The predicted molar refractivity (Wildman–Crippen MR) is 96.4 cm³/mol. The van der Waals surface area contributed by atoms with Gasteiger partial charge in [0.05, 0.1) is 19.0 Å². The van der Waals surface area contributed by atoms with Crippen molar-refractivity contribution in [1.82, 2.24) is 9.97 Å². The third-order valence-corrected chi connectivity index (χ3v) is 3.42.